The molecule has 0 amide bonds. The summed E-state index contributed by atoms with van der Waals surface area (Å²) in [4.78, 5) is 0. The van der Waals surface area contributed by atoms with Crippen molar-refractivity contribution in [2.45, 2.75) is 6.92 Å². The number of rotatable bonds is 3. The summed E-state index contributed by atoms with van der Waals surface area (Å²) in [7, 11) is 0. The highest BCUT2D eigenvalue weighted by atomic mass is 14.6. The lowest BCUT2D eigenvalue weighted by atomic mass is 10.1. The summed E-state index contributed by atoms with van der Waals surface area (Å²) >= 11 is 0. The van der Waals surface area contributed by atoms with Gasteiger partial charge >= 0.3 is 0 Å². The summed E-state index contributed by atoms with van der Waals surface area (Å²) in [6.45, 7) is 2.05. The highest BCUT2D eigenvalue weighted by Gasteiger charge is 1.91. The van der Waals surface area contributed by atoms with E-state index in [1.54, 1.807) is 6.08 Å². The van der Waals surface area contributed by atoms with Crippen LogP contribution in [0, 0.1) is 0 Å². The van der Waals surface area contributed by atoms with Crippen molar-refractivity contribution in [2.24, 2.45) is 11.5 Å². The van der Waals surface area contributed by atoms with Crippen LogP contribution in [0.5, 0.6) is 0 Å². The lowest BCUT2D eigenvalue weighted by Gasteiger charge is -1.98. The molecule has 0 aliphatic heterocycles. The molecule has 4 N–H and O–H groups in total. The minimum atomic E-state index is 0.646. The van der Waals surface area contributed by atoms with Gasteiger partial charge in [0.2, 0.25) is 0 Å². The van der Waals surface area contributed by atoms with Crippen LogP contribution in [0.2, 0.25) is 0 Å². The number of hydrogen-bond acceptors (Lipinski definition) is 2. The minimum absolute atomic E-state index is 0.646. The van der Waals surface area contributed by atoms with Gasteiger partial charge in [-0.1, -0.05) is 36.4 Å². The van der Waals surface area contributed by atoms with Gasteiger partial charge in [0, 0.05) is 5.70 Å². The summed E-state index contributed by atoms with van der Waals surface area (Å²) < 4.78 is 0. The van der Waals surface area contributed by atoms with E-state index >= 15 is 0 Å². The first-order valence-corrected chi connectivity index (χ1v) is 4.82. The molecule has 0 aliphatic rings. The molecule has 15 heavy (non-hydrogen) atoms. The van der Waals surface area contributed by atoms with Gasteiger partial charge in [-0.05, 0) is 36.4 Å². The number of allylic oxidation sites excluding steroid dienone is 4. The first-order chi connectivity index (χ1) is 7.24. The Morgan fingerprint density at radius 2 is 1.80 bits per heavy atom. The molecule has 0 radical (unpaired) electrons. The first kappa shape index (κ1) is 11.1. The Labute approximate surface area is 90.6 Å². The second-order valence-electron chi connectivity index (χ2n) is 3.24. The molecular weight excluding hydrogens is 184 g/mol. The predicted molar refractivity (Wildman–Crippen MR) is 65.7 cm³/mol. The fourth-order valence-electron chi connectivity index (χ4n) is 1.19. The summed E-state index contributed by atoms with van der Waals surface area (Å²) in [6, 6.07) is 10.2. The van der Waals surface area contributed by atoms with Gasteiger partial charge in [-0.2, -0.15) is 0 Å². The van der Waals surface area contributed by atoms with Gasteiger partial charge < -0.3 is 11.5 Å². The van der Waals surface area contributed by atoms with E-state index in [1.807, 2.05) is 37.3 Å². The van der Waals surface area contributed by atoms with Crippen molar-refractivity contribution in [1.29, 1.82) is 0 Å². The zero-order valence-corrected chi connectivity index (χ0v) is 8.85. The Kier molecular flexibility index (Phi) is 4.23. The third kappa shape index (κ3) is 3.73. The molecule has 0 atom stereocenters. The molecule has 0 bridgehead atoms. The average molecular weight is 200 g/mol. The molecule has 0 spiro atoms. The summed E-state index contributed by atoms with van der Waals surface area (Å²) in [5.74, 6) is 0. The maximum absolute atomic E-state index is 5.66. The Hall–Kier alpha value is -1.96. The van der Waals surface area contributed by atoms with Gasteiger partial charge in [0.1, 0.15) is 0 Å². The third-order valence-electron chi connectivity index (χ3n) is 2.04. The van der Waals surface area contributed by atoms with Gasteiger partial charge in [0.25, 0.3) is 0 Å². The molecule has 2 heteroatoms. The van der Waals surface area contributed by atoms with Gasteiger partial charge in [-0.25, -0.2) is 0 Å². The predicted octanol–water partition coefficient (Wildman–Crippen LogP) is 2.40. The van der Waals surface area contributed by atoms with Crippen LogP contribution in [0.4, 0.5) is 0 Å². The van der Waals surface area contributed by atoms with E-state index in [0.29, 0.717) is 5.70 Å². The Morgan fingerprint density at radius 3 is 2.40 bits per heavy atom. The zero-order chi connectivity index (χ0) is 11.1. The molecule has 0 aromatic heterocycles. The van der Waals surface area contributed by atoms with E-state index in [0.717, 1.165) is 0 Å². The van der Waals surface area contributed by atoms with Crippen LogP contribution in [0.3, 0.4) is 0 Å². The minimum Gasteiger partial charge on any atom is -0.405 e. The Balaban J connectivity index is 2.82. The molecule has 0 fully saturated rings. The maximum atomic E-state index is 5.66. The molecule has 0 saturated heterocycles. The molecule has 78 valence electrons. The molecule has 0 saturated carbocycles. The highest BCUT2D eigenvalue weighted by molar-refractivity contribution is 5.65. The molecule has 0 unspecified atom stereocenters. The molecule has 1 aromatic rings. The van der Waals surface area contributed by atoms with Crippen LogP contribution >= 0.6 is 0 Å². The molecule has 2 nitrogen and oxygen atoms in total. The monoisotopic (exact) mass is 200 g/mol. The maximum Gasteiger partial charge on any atom is 0.0328 e. The van der Waals surface area contributed by atoms with Crippen LogP contribution < -0.4 is 11.5 Å². The second-order valence-corrected chi connectivity index (χ2v) is 3.24. The SMILES string of the molecule is C\C(=C/C=C(N)\C=C/N)c1ccccc1. The van der Waals surface area contributed by atoms with Gasteiger partial charge in [0.05, 0.1) is 0 Å². The first-order valence-electron chi connectivity index (χ1n) is 4.82. The fraction of sp³-hybridized carbons (Fsp3) is 0.0769. The zero-order valence-electron chi connectivity index (χ0n) is 8.85. The van der Waals surface area contributed by atoms with E-state index in [1.165, 1.54) is 17.3 Å². The number of hydrogen-bond donors (Lipinski definition) is 2. The van der Waals surface area contributed by atoms with Crippen molar-refractivity contribution in [1.82, 2.24) is 0 Å². The lowest BCUT2D eigenvalue weighted by molar-refractivity contribution is 1.40. The summed E-state index contributed by atoms with van der Waals surface area (Å²) in [5, 5.41) is 0. The van der Waals surface area contributed by atoms with Gasteiger partial charge in [0.15, 0.2) is 0 Å². The van der Waals surface area contributed by atoms with E-state index < -0.39 is 0 Å². The molecule has 1 rings (SSSR count). The average Bonchev–Trinajstić information content (AvgIpc) is 2.27. The van der Waals surface area contributed by atoms with E-state index in [-0.39, 0.29) is 0 Å². The highest BCUT2D eigenvalue weighted by Crippen LogP contribution is 2.12. The van der Waals surface area contributed by atoms with Crippen molar-refractivity contribution in [3.05, 3.63) is 66.0 Å². The van der Waals surface area contributed by atoms with Crippen molar-refractivity contribution in [3.8, 4) is 0 Å². The molecule has 0 heterocycles. The van der Waals surface area contributed by atoms with Crippen LogP contribution in [0.15, 0.2) is 60.5 Å². The Morgan fingerprint density at radius 1 is 1.13 bits per heavy atom. The van der Waals surface area contributed by atoms with E-state index in [2.05, 4.69) is 12.1 Å². The van der Waals surface area contributed by atoms with Crippen LogP contribution in [-0.2, 0) is 0 Å². The van der Waals surface area contributed by atoms with Crippen LogP contribution in [0.25, 0.3) is 5.57 Å². The topological polar surface area (TPSA) is 52.0 Å². The van der Waals surface area contributed by atoms with Crippen molar-refractivity contribution >= 4 is 5.57 Å². The largest absolute Gasteiger partial charge is 0.405 e. The lowest BCUT2D eigenvalue weighted by Crippen LogP contribution is -1.93. The third-order valence-corrected chi connectivity index (χ3v) is 2.04. The Bertz CT molecular complexity index is 386. The number of benzene rings is 1. The van der Waals surface area contributed by atoms with Crippen LogP contribution in [0.1, 0.15) is 12.5 Å². The van der Waals surface area contributed by atoms with Crippen molar-refractivity contribution < 1.29 is 0 Å². The molecule has 1 aromatic carbocycles. The quantitative estimate of drug-likeness (QED) is 0.736. The summed E-state index contributed by atoms with van der Waals surface area (Å²) in [6.07, 6.45) is 6.91. The fourth-order valence-corrected chi connectivity index (χ4v) is 1.19. The molecular formula is C13H16N2. The van der Waals surface area contributed by atoms with Crippen LogP contribution in [-0.4, -0.2) is 0 Å². The molecule has 0 aliphatic carbocycles. The number of nitrogens with two attached hydrogens (primary N) is 2. The summed E-state index contributed by atoms with van der Waals surface area (Å²) in [5.41, 5.74) is 13.9. The smallest absolute Gasteiger partial charge is 0.0328 e. The standard InChI is InChI=1S/C13H16N2/c1-11(7-8-13(15)9-10-14)12-5-3-2-4-6-12/h2-10H,14-15H2,1H3/b10-9-,11-7+,13-8+. The normalized spacial score (nSPS) is 13.4. The van der Waals surface area contributed by atoms with Crippen molar-refractivity contribution in [2.75, 3.05) is 0 Å². The van der Waals surface area contributed by atoms with Crippen molar-refractivity contribution in [3.63, 3.8) is 0 Å². The van der Waals surface area contributed by atoms with Gasteiger partial charge in [-0.15, -0.1) is 0 Å². The van der Waals surface area contributed by atoms with E-state index in [9.17, 15) is 0 Å². The van der Waals surface area contributed by atoms with E-state index in [4.69, 9.17) is 11.5 Å². The van der Waals surface area contributed by atoms with Gasteiger partial charge in [-0.3, -0.25) is 0 Å². The second kappa shape index (κ2) is 5.70.